The molecule has 142 valence electrons. The van der Waals surface area contributed by atoms with Gasteiger partial charge in [-0.25, -0.2) is 4.79 Å². The van der Waals surface area contributed by atoms with Gasteiger partial charge >= 0.3 is 5.97 Å². The highest BCUT2D eigenvalue weighted by Gasteiger charge is 2.48. The van der Waals surface area contributed by atoms with Crippen LogP contribution in [0.1, 0.15) is 17.2 Å². The summed E-state index contributed by atoms with van der Waals surface area (Å²) in [6.45, 7) is 0. The molecule has 2 aromatic carbocycles. The standard InChI is InChI=1S/C20H20O7/c1-25-20-16(23)14(21)15(22)18(27-20)19(24)26-17-12-8-4-2-6-10(12)11-7-3-5-9-13(11)17/h2-9,14-18,20-23H,1H3/t14?,15-,16?,18?,20+/m0/s1. The molecule has 1 aliphatic carbocycles. The largest absolute Gasteiger partial charge is 0.451 e. The zero-order chi connectivity index (χ0) is 19.1. The van der Waals surface area contributed by atoms with E-state index in [2.05, 4.69) is 0 Å². The first-order chi connectivity index (χ1) is 13.0. The lowest BCUT2D eigenvalue weighted by Gasteiger charge is -2.38. The van der Waals surface area contributed by atoms with Crippen molar-refractivity contribution in [3.8, 4) is 11.1 Å². The van der Waals surface area contributed by atoms with E-state index in [0.29, 0.717) is 0 Å². The Hall–Kier alpha value is -2.29. The van der Waals surface area contributed by atoms with E-state index in [1.54, 1.807) is 0 Å². The summed E-state index contributed by atoms with van der Waals surface area (Å²) in [7, 11) is 1.27. The molecule has 1 heterocycles. The maximum absolute atomic E-state index is 12.7. The summed E-state index contributed by atoms with van der Waals surface area (Å²) in [5.41, 5.74) is 3.62. The minimum Gasteiger partial charge on any atom is -0.451 e. The Bertz CT molecular complexity index is 804. The molecule has 0 bridgehead atoms. The molecule has 27 heavy (non-hydrogen) atoms. The maximum atomic E-state index is 12.7. The fourth-order valence-electron chi connectivity index (χ4n) is 3.66. The minimum absolute atomic E-state index is 0.648. The molecule has 1 aliphatic heterocycles. The predicted molar refractivity (Wildman–Crippen MR) is 93.5 cm³/mol. The van der Waals surface area contributed by atoms with Gasteiger partial charge in [-0.15, -0.1) is 0 Å². The van der Waals surface area contributed by atoms with Gasteiger partial charge in [-0.05, 0) is 11.1 Å². The van der Waals surface area contributed by atoms with Crippen LogP contribution < -0.4 is 0 Å². The van der Waals surface area contributed by atoms with Crippen molar-refractivity contribution in [3.63, 3.8) is 0 Å². The van der Waals surface area contributed by atoms with E-state index in [0.717, 1.165) is 22.3 Å². The van der Waals surface area contributed by atoms with Crippen LogP contribution in [0.3, 0.4) is 0 Å². The predicted octanol–water partition coefficient (Wildman–Crippen LogP) is 0.754. The molecular formula is C20H20O7. The van der Waals surface area contributed by atoms with Crippen molar-refractivity contribution in [1.29, 1.82) is 0 Å². The van der Waals surface area contributed by atoms with E-state index >= 15 is 0 Å². The van der Waals surface area contributed by atoms with Gasteiger partial charge in [-0.3, -0.25) is 0 Å². The van der Waals surface area contributed by atoms with Crippen molar-refractivity contribution in [3.05, 3.63) is 59.7 Å². The molecule has 0 amide bonds. The molecule has 7 nitrogen and oxygen atoms in total. The lowest BCUT2D eigenvalue weighted by atomic mass is 9.99. The molecule has 5 atom stereocenters. The minimum atomic E-state index is -1.63. The second-order valence-corrected chi connectivity index (χ2v) is 6.62. The fourth-order valence-corrected chi connectivity index (χ4v) is 3.66. The summed E-state index contributed by atoms with van der Waals surface area (Å²) in [6, 6.07) is 15.2. The molecule has 2 aromatic rings. The Morgan fingerprint density at radius 1 is 0.889 bits per heavy atom. The molecule has 3 N–H and O–H groups in total. The first-order valence-corrected chi connectivity index (χ1v) is 8.64. The van der Waals surface area contributed by atoms with E-state index in [4.69, 9.17) is 14.2 Å². The number of aliphatic hydroxyl groups is 3. The highest BCUT2D eigenvalue weighted by Crippen LogP contribution is 2.45. The van der Waals surface area contributed by atoms with Gasteiger partial charge in [0.25, 0.3) is 0 Å². The second-order valence-electron chi connectivity index (χ2n) is 6.62. The summed E-state index contributed by atoms with van der Waals surface area (Å²) in [5, 5.41) is 30.0. The molecule has 4 rings (SSSR count). The summed E-state index contributed by atoms with van der Waals surface area (Å²) in [4.78, 5) is 12.7. The van der Waals surface area contributed by atoms with Gasteiger partial charge in [0.05, 0.1) is 0 Å². The normalized spacial score (nSPS) is 29.9. The molecule has 7 heteroatoms. The van der Waals surface area contributed by atoms with Gasteiger partial charge in [-0.1, -0.05) is 48.5 Å². The molecule has 0 radical (unpaired) electrons. The first-order valence-electron chi connectivity index (χ1n) is 8.64. The van der Waals surface area contributed by atoms with Gasteiger partial charge in [0.15, 0.2) is 18.5 Å². The zero-order valence-corrected chi connectivity index (χ0v) is 14.6. The number of ether oxygens (including phenoxy) is 3. The smallest absolute Gasteiger partial charge is 0.339 e. The summed E-state index contributed by atoms with van der Waals surface area (Å²) < 4.78 is 15.9. The van der Waals surface area contributed by atoms with Gasteiger partial charge < -0.3 is 29.5 Å². The number of benzene rings is 2. The lowest BCUT2D eigenvalue weighted by molar-refractivity contribution is -0.289. The molecule has 2 aliphatic rings. The SMILES string of the molecule is CO[C@@H]1OC(C(=O)OC2c3ccccc3-c3ccccc32)[C@@H](O)C(O)C1O. The molecule has 0 saturated carbocycles. The van der Waals surface area contributed by atoms with Gasteiger partial charge in [0.2, 0.25) is 0 Å². The summed E-state index contributed by atoms with van der Waals surface area (Å²) >= 11 is 0. The highest BCUT2D eigenvalue weighted by atomic mass is 16.7. The van der Waals surface area contributed by atoms with E-state index < -0.39 is 42.8 Å². The summed E-state index contributed by atoms with van der Waals surface area (Å²) in [5.74, 6) is -0.841. The second kappa shape index (κ2) is 7.03. The van der Waals surface area contributed by atoms with Crippen LogP contribution in [0.2, 0.25) is 0 Å². The number of esters is 1. The zero-order valence-electron chi connectivity index (χ0n) is 14.6. The fraction of sp³-hybridized carbons (Fsp3) is 0.350. The third-order valence-electron chi connectivity index (χ3n) is 5.04. The number of methoxy groups -OCH3 is 1. The average Bonchev–Trinajstić information content (AvgIpc) is 3.00. The Labute approximate surface area is 155 Å². The van der Waals surface area contributed by atoms with Crippen LogP contribution in [-0.2, 0) is 19.0 Å². The maximum Gasteiger partial charge on any atom is 0.339 e. The molecule has 1 saturated heterocycles. The van der Waals surface area contributed by atoms with Crippen LogP contribution in [0.5, 0.6) is 0 Å². The van der Waals surface area contributed by atoms with Crippen molar-refractivity contribution in [2.45, 2.75) is 36.8 Å². The van der Waals surface area contributed by atoms with Crippen molar-refractivity contribution in [1.82, 2.24) is 0 Å². The van der Waals surface area contributed by atoms with Gasteiger partial charge in [0.1, 0.15) is 18.3 Å². The number of carbonyl (C=O) groups excluding carboxylic acids is 1. The number of rotatable bonds is 3. The van der Waals surface area contributed by atoms with Crippen LogP contribution >= 0.6 is 0 Å². The van der Waals surface area contributed by atoms with Crippen molar-refractivity contribution < 1.29 is 34.3 Å². The van der Waals surface area contributed by atoms with E-state index in [-0.39, 0.29) is 0 Å². The molecule has 1 fully saturated rings. The van der Waals surface area contributed by atoms with E-state index in [1.165, 1.54) is 7.11 Å². The number of hydrogen-bond acceptors (Lipinski definition) is 7. The average molecular weight is 372 g/mol. The Kier molecular flexibility index (Phi) is 4.71. The van der Waals surface area contributed by atoms with E-state index in [1.807, 2.05) is 48.5 Å². The van der Waals surface area contributed by atoms with E-state index in [9.17, 15) is 20.1 Å². The third-order valence-corrected chi connectivity index (χ3v) is 5.04. The van der Waals surface area contributed by atoms with Crippen LogP contribution in [-0.4, -0.2) is 59.1 Å². The lowest BCUT2D eigenvalue weighted by Crippen LogP contribution is -2.60. The van der Waals surface area contributed by atoms with Gasteiger partial charge in [0, 0.05) is 18.2 Å². The number of fused-ring (bicyclic) bond motifs is 3. The molecule has 0 spiro atoms. The third kappa shape index (κ3) is 2.93. The van der Waals surface area contributed by atoms with Gasteiger partial charge in [-0.2, -0.15) is 0 Å². The number of aliphatic hydroxyl groups excluding tert-OH is 3. The Balaban J connectivity index is 1.61. The van der Waals surface area contributed by atoms with Crippen LogP contribution in [0.15, 0.2) is 48.5 Å². The number of hydrogen-bond donors (Lipinski definition) is 3. The van der Waals surface area contributed by atoms with Crippen LogP contribution in [0.25, 0.3) is 11.1 Å². The summed E-state index contributed by atoms with van der Waals surface area (Å²) in [6.07, 6.45) is -8.07. The topological polar surface area (TPSA) is 105 Å². The van der Waals surface area contributed by atoms with Crippen LogP contribution in [0.4, 0.5) is 0 Å². The van der Waals surface area contributed by atoms with Crippen LogP contribution in [0, 0.1) is 0 Å². The van der Waals surface area contributed by atoms with Crippen molar-refractivity contribution >= 4 is 5.97 Å². The monoisotopic (exact) mass is 372 g/mol. The Morgan fingerprint density at radius 3 is 2.00 bits per heavy atom. The first kappa shape index (κ1) is 18.1. The van der Waals surface area contributed by atoms with Crippen molar-refractivity contribution in [2.24, 2.45) is 0 Å². The molecular weight excluding hydrogens is 352 g/mol. The highest BCUT2D eigenvalue weighted by molar-refractivity contribution is 5.81. The molecule has 3 unspecified atom stereocenters. The molecule has 0 aromatic heterocycles. The quantitative estimate of drug-likeness (QED) is 0.683. The number of carbonyl (C=O) groups is 1. The van der Waals surface area contributed by atoms with Crippen molar-refractivity contribution in [2.75, 3.05) is 7.11 Å². The Morgan fingerprint density at radius 2 is 1.44 bits per heavy atom.